The molecular weight excluding hydrogens is 238 g/mol. The van der Waals surface area contributed by atoms with Gasteiger partial charge in [0.05, 0.1) is 16.9 Å². The van der Waals surface area contributed by atoms with E-state index < -0.39 is 0 Å². The number of rotatable bonds is 1. The molecular formula is C15H11N3O. The smallest absolute Gasteiger partial charge is 0.138 e. The summed E-state index contributed by atoms with van der Waals surface area (Å²) < 4.78 is 0. The summed E-state index contributed by atoms with van der Waals surface area (Å²) in [6.07, 6.45) is 0. The average Bonchev–Trinajstić information content (AvgIpc) is 2.80. The van der Waals surface area contributed by atoms with E-state index in [-0.39, 0.29) is 5.75 Å². The Hall–Kier alpha value is -2.93. The number of phenolic OH excluding ortho intramolecular Hbond substituents is 1. The molecule has 3 aromatic rings. The summed E-state index contributed by atoms with van der Waals surface area (Å²) in [5.41, 5.74) is 8.97. The van der Waals surface area contributed by atoms with Crippen molar-refractivity contribution in [2.24, 2.45) is 0 Å². The summed E-state index contributed by atoms with van der Waals surface area (Å²) in [4.78, 5) is 3.22. The Bertz CT molecular complexity index is 812. The third kappa shape index (κ3) is 1.69. The number of aromatic hydroxyl groups is 1. The number of nitrogen functional groups attached to an aromatic ring is 1. The van der Waals surface area contributed by atoms with Crippen LogP contribution in [0.5, 0.6) is 5.75 Å². The van der Waals surface area contributed by atoms with E-state index in [1.54, 1.807) is 12.1 Å². The van der Waals surface area contributed by atoms with E-state index in [2.05, 4.69) is 11.1 Å². The highest BCUT2D eigenvalue weighted by atomic mass is 16.3. The van der Waals surface area contributed by atoms with Crippen LogP contribution in [-0.2, 0) is 0 Å². The molecule has 0 radical (unpaired) electrons. The van der Waals surface area contributed by atoms with Gasteiger partial charge in [0, 0.05) is 16.5 Å². The standard InChI is InChI=1S/C15H11N3O/c16-8-11-10-3-1-2-4-13(10)18-15(11)9-5-6-14(19)12(17)7-9/h1-7,18-19H,17H2. The fourth-order valence-corrected chi connectivity index (χ4v) is 2.18. The lowest BCUT2D eigenvalue weighted by Crippen LogP contribution is -1.88. The van der Waals surface area contributed by atoms with Crippen LogP contribution in [0.15, 0.2) is 42.5 Å². The minimum atomic E-state index is 0.0402. The first kappa shape index (κ1) is 11.2. The van der Waals surface area contributed by atoms with Crippen molar-refractivity contribution in [3.05, 3.63) is 48.0 Å². The van der Waals surface area contributed by atoms with Crippen LogP contribution in [0.2, 0.25) is 0 Å². The van der Waals surface area contributed by atoms with Crippen molar-refractivity contribution in [3.63, 3.8) is 0 Å². The van der Waals surface area contributed by atoms with Gasteiger partial charge < -0.3 is 15.8 Å². The number of aromatic nitrogens is 1. The van der Waals surface area contributed by atoms with Crippen LogP contribution in [0, 0.1) is 11.3 Å². The number of nitrogens with one attached hydrogen (secondary N) is 1. The first-order valence-corrected chi connectivity index (χ1v) is 5.80. The first-order chi connectivity index (χ1) is 9.20. The second-order valence-electron chi connectivity index (χ2n) is 4.31. The van der Waals surface area contributed by atoms with Gasteiger partial charge in [-0.1, -0.05) is 18.2 Å². The third-order valence-corrected chi connectivity index (χ3v) is 3.13. The highest BCUT2D eigenvalue weighted by Gasteiger charge is 2.13. The lowest BCUT2D eigenvalue weighted by molar-refractivity contribution is 0.478. The molecule has 0 unspecified atom stereocenters. The maximum atomic E-state index is 9.46. The van der Waals surface area contributed by atoms with Gasteiger partial charge in [0.25, 0.3) is 0 Å². The molecule has 0 saturated heterocycles. The summed E-state index contributed by atoms with van der Waals surface area (Å²) in [5, 5.41) is 19.7. The van der Waals surface area contributed by atoms with E-state index in [1.807, 2.05) is 24.3 Å². The largest absolute Gasteiger partial charge is 0.506 e. The van der Waals surface area contributed by atoms with Crippen molar-refractivity contribution in [2.45, 2.75) is 0 Å². The summed E-state index contributed by atoms with van der Waals surface area (Å²) in [5.74, 6) is 0.0402. The van der Waals surface area contributed by atoms with Gasteiger partial charge in [-0.15, -0.1) is 0 Å². The molecule has 19 heavy (non-hydrogen) atoms. The molecule has 1 aromatic heterocycles. The molecule has 0 bridgehead atoms. The molecule has 3 rings (SSSR count). The number of H-pyrrole nitrogens is 1. The highest BCUT2D eigenvalue weighted by Crippen LogP contribution is 2.32. The number of nitrogens with zero attached hydrogens (tertiary/aromatic N) is 1. The molecule has 4 N–H and O–H groups in total. The Labute approximate surface area is 109 Å². The predicted octanol–water partition coefficient (Wildman–Crippen LogP) is 2.99. The van der Waals surface area contributed by atoms with Gasteiger partial charge in [-0.25, -0.2) is 0 Å². The van der Waals surface area contributed by atoms with E-state index in [1.165, 1.54) is 6.07 Å². The Kier molecular flexibility index (Phi) is 2.39. The van der Waals surface area contributed by atoms with E-state index in [9.17, 15) is 10.4 Å². The van der Waals surface area contributed by atoms with E-state index >= 15 is 0 Å². The zero-order chi connectivity index (χ0) is 13.4. The molecule has 0 saturated carbocycles. The quantitative estimate of drug-likeness (QED) is 0.457. The van der Waals surface area contributed by atoms with Gasteiger partial charge in [-0.2, -0.15) is 5.26 Å². The number of fused-ring (bicyclic) bond motifs is 1. The van der Waals surface area contributed by atoms with Crippen molar-refractivity contribution in [2.75, 3.05) is 5.73 Å². The van der Waals surface area contributed by atoms with Crippen LogP contribution < -0.4 is 5.73 Å². The summed E-state index contributed by atoms with van der Waals surface area (Å²) in [6.45, 7) is 0. The molecule has 0 spiro atoms. The molecule has 2 aromatic carbocycles. The predicted molar refractivity (Wildman–Crippen MR) is 74.5 cm³/mol. The monoisotopic (exact) mass is 249 g/mol. The van der Waals surface area contributed by atoms with Gasteiger partial charge in [0.15, 0.2) is 0 Å². The van der Waals surface area contributed by atoms with Gasteiger partial charge in [-0.3, -0.25) is 0 Å². The van der Waals surface area contributed by atoms with Crippen LogP contribution in [-0.4, -0.2) is 10.1 Å². The lowest BCUT2D eigenvalue weighted by atomic mass is 10.1. The SMILES string of the molecule is N#Cc1c(-c2ccc(O)c(N)c2)[nH]c2ccccc12. The Morgan fingerprint density at radius 3 is 2.68 bits per heavy atom. The molecule has 4 nitrogen and oxygen atoms in total. The Morgan fingerprint density at radius 2 is 1.95 bits per heavy atom. The number of nitrogens with two attached hydrogens (primary N) is 1. The number of aromatic amines is 1. The normalized spacial score (nSPS) is 10.5. The lowest BCUT2D eigenvalue weighted by Gasteiger charge is -2.03. The number of hydrogen-bond acceptors (Lipinski definition) is 3. The fraction of sp³-hybridized carbons (Fsp3) is 0. The number of nitriles is 1. The van der Waals surface area contributed by atoms with E-state index in [0.717, 1.165) is 22.2 Å². The van der Waals surface area contributed by atoms with Gasteiger partial charge in [-0.05, 0) is 24.3 Å². The maximum Gasteiger partial charge on any atom is 0.138 e. The number of phenols is 1. The van der Waals surface area contributed by atoms with E-state index in [4.69, 9.17) is 5.73 Å². The van der Waals surface area contributed by atoms with E-state index in [0.29, 0.717) is 11.3 Å². The molecule has 0 aliphatic carbocycles. The molecule has 1 heterocycles. The summed E-state index contributed by atoms with van der Waals surface area (Å²) >= 11 is 0. The zero-order valence-corrected chi connectivity index (χ0v) is 10.0. The van der Waals surface area contributed by atoms with Gasteiger partial charge in [0.1, 0.15) is 11.8 Å². The number of benzene rings is 2. The molecule has 0 atom stereocenters. The fourth-order valence-electron chi connectivity index (χ4n) is 2.18. The summed E-state index contributed by atoms with van der Waals surface area (Å²) in [6, 6.07) is 14.8. The van der Waals surface area contributed by atoms with Crippen molar-refractivity contribution in [1.29, 1.82) is 5.26 Å². The van der Waals surface area contributed by atoms with Gasteiger partial charge >= 0.3 is 0 Å². The number of para-hydroxylation sites is 1. The van der Waals surface area contributed by atoms with Crippen LogP contribution in [0.1, 0.15) is 5.56 Å². The van der Waals surface area contributed by atoms with Crippen molar-refractivity contribution >= 4 is 16.6 Å². The maximum absolute atomic E-state index is 9.46. The van der Waals surface area contributed by atoms with Crippen LogP contribution in [0.4, 0.5) is 5.69 Å². The summed E-state index contributed by atoms with van der Waals surface area (Å²) in [7, 11) is 0. The zero-order valence-electron chi connectivity index (χ0n) is 10.0. The molecule has 0 aliphatic rings. The van der Waals surface area contributed by atoms with Crippen LogP contribution in [0.3, 0.4) is 0 Å². The minimum Gasteiger partial charge on any atom is -0.506 e. The molecule has 0 aliphatic heterocycles. The molecule has 0 fully saturated rings. The third-order valence-electron chi connectivity index (χ3n) is 3.13. The first-order valence-electron chi connectivity index (χ1n) is 5.80. The Morgan fingerprint density at radius 1 is 1.16 bits per heavy atom. The average molecular weight is 249 g/mol. The molecule has 92 valence electrons. The van der Waals surface area contributed by atoms with Crippen LogP contribution >= 0.6 is 0 Å². The van der Waals surface area contributed by atoms with Gasteiger partial charge in [0.2, 0.25) is 0 Å². The second-order valence-corrected chi connectivity index (χ2v) is 4.31. The topological polar surface area (TPSA) is 85.8 Å². The second kappa shape index (κ2) is 4.07. The Balaban J connectivity index is 2.30. The molecule has 4 heteroatoms. The van der Waals surface area contributed by atoms with Crippen molar-refractivity contribution in [3.8, 4) is 23.1 Å². The minimum absolute atomic E-state index is 0.0402. The number of hydrogen-bond donors (Lipinski definition) is 3. The van der Waals surface area contributed by atoms with Crippen molar-refractivity contribution < 1.29 is 5.11 Å². The number of anilines is 1. The molecule has 0 amide bonds. The van der Waals surface area contributed by atoms with Crippen LogP contribution in [0.25, 0.3) is 22.2 Å². The van der Waals surface area contributed by atoms with Crippen molar-refractivity contribution in [1.82, 2.24) is 4.98 Å². The highest BCUT2D eigenvalue weighted by molar-refractivity contribution is 5.93.